The van der Waals surface area contributed by atoms with Crippen molar-refractivity contribution in [1.29, 1.82) is 0 Å². The number of hydrogen-bond donors (Lipinski definition) is 0. The first kappa shape index (κ1) is 58.9. The minimum atomic E-state index is 0. The highest BCUT2D eigenvalue weighted by atomic mass is 79.9. The maximum absolute atomic E-state index is 5.15. The molecule has 0 saturated heterocycles. The molecule has 0 bridgehead atoms. The summed E-state index contributed by atoms with van der Waals surface area (Å²) >= 11 is 3.68. The van der Waals surface area contributed by atoms with Crippen molar-refractivity contribution in [3.8, 4) is 85.1 Å². The zero-order chi connectivity index (χ0) is 65.8. The number of benzene rings is 16. The van der Waals surface area contributed by atoms with Gasteiger partial charge in [-0.05, 0) is 149 Å². The Morgan fingerprint density at radius 2 is 0.646 bits per heavy atom. The average Bonchev–Trinajstić information content (AvgIpc) is 1.59. The molecule has 8 heteroatoms. The van der Waals surface area contributed by atoms with Gasteiger partial charge in [-0.3, -0.25) is 0 Å². The lowest BCUT2D eigenvalue weighted by atomic mass is 10.0. The molecule has 99 heavy (non-hydrogen) atoms. The number of para-hydroxylation sites is 1. The van der Waals surface area contributed by atoms with Gasteiger partial charge in [-0.2, -0.15) is 0 Å². The van der Waals surface area contributed by atoms with Crippen LogP contribution in [0.25, 0.3) is 172 Å². The Bertz CT molecular complexity index is 6370. The smallest absolute Gasteiger partial charge is 0.164 e. The molecular formula is C91H59BrN7-. The van der Waals surface area contributed by atoms with E-state index in [1.165, 1.54) is 76.4 Å². The van der Waals surface area contributed by atoms with Gasteiger partial charge in [0.1, 0.15) is 0 Å². The second-order valence-electron chi connectivity index (χ2n) is 25.0. The van der Waals surface area contributed by atoms with Crippen LogP contribution in [-0.2, 0) is 6.42 Å². The van der Waals surface area contributed by atoms with E-state index in [1.54, 1.807) is 0 Å². The molecule has 3 heterocycles. The number of halogens is 1. The van der Waals surface area contributed by atoms with Crippen molar-refractivity contribution in [2.75, 3.05) is 0 Å². The maximum Gasteiger partial charge on any atom is 0.164 e. The van der Waals surface area contributed by atoms with E-state index in [4.69, 9.17) is 29.9 Å². The zero-order valence-electron chi connectivity index (χ0n) is 54.5. The fourth-order valence-corrected chi connectivity index (χ4v) is 14.7. The summed E-state index contributed by atoms with van der Waals surface area (Å²) < 4.78 is 3.46. The van der Waals surface area contributed by atoms with E-state index in [-0.39, 0.29) is 1.43 Å². The van der Waals surface area contributed by atoms with Crippen LogP contribution < -0.4 is 0 Å². The Morgan fingerprint density at radius 3 is 1.23 bits per heavy atom. The molecule has 0 amide bonds. The zero-order valence-corrected chi connectivity index (χ0v) is 55.1. The van der Waals surface area contributed by atoms with Crippen molar-refractivity contribution in [2.24, 2.45) is 0 Å². The molecule has 1 aliphatic rings. The van der Waals surface area contributed by atoms with Crippen LogP contribution in [0, 0.1) is 0 Å². The number of aromatic nitrogens is 7. The standard InChI is InChI=1S/C45H28N4.C29H18BrN3.C17H12.H/c1-2-13-30(14-3-1)43-46-44(34-23-22-29-12-4-5-15-31(29)26-34)48-45(47-43)38-24-25-41(36-19-9-8-18-35(36)38)49-40-21-11-10-20-37(40)39-27-32-16-6-7-17-33(32)28-42(39)49;30-26-17-16-25(23-12-6-7-13-24(23)26)29-32-27(20-9-2-1-3-10-20)31-28(33-29)22-15-14-19-8-4-5-11-21(19)18-22;1-2-6-13-11-17-15(9-12(13)5-1)10-14-7-3-4-8-16(14)17;/h1-28H;1-18H;1-9,11H,10H2;/q;;;-1. The molecule has 0 atom stereocenters. The molecule has 16 aromatic carbocycles. The van der Waals surface area contributed by atoms with Crippen molar-refractivity contribution in [3.05, 3.63) is 355 Å². The number of rotatable bonds is 7. The van der Waals surface area contributed by atoms with Gasteiger partial charge in [0, 0.05) is 54.0 Å². The number of fused-ring (bicyclic) bond motifs is 12. The van der Waals surface area contributed by atoms with E-state index in [0.717, 1.165) is 82.3 Å². The first-order chi connectivity index (χ1) is 49.0. The first-order valence-corrected chi connectivity index (χ1v) is 34.1. The van der Waals surface area contributed by atoms with Crippen molar-refractivity contribution in [2.45, 2.75) is 6.42 Å². The van der Waals surface area contributed by atoms with Crippen LogP contribution in [0.15, 0.2) is 344 Å². The Labute approximate surface area is 581 Å². The Morgan fingerprint density at radius 1 is 0.232 bits per heavy atom. The van der Waals surface area contributed by atoms with Crippen molar-refractivity contribution < 1.29 is 1.43 Å². The van der Waals surface area contributed by atoms with Crippen LogP contribution in [0.2, 0.25) is 0 Å². The van der Waals surface area contributed by atoms with Gasteiger partial charge in [0.2, 0.25) is 0 Å². The molecule has 20 rings (SSSR count). The Balaban J connectivity index is 0.000000125. The number of hydrogen-bond acceptors (Lipinski definition) is 6. The third-order valence-electron chi connectivity index (χ3n) is 19.0. The van der Waals surface area contributed by atoms with Gasteiger partial charge in [-0.25, -0.2) is 29.9 Å². The summed E-state index contributed by atoms with van der Waals surface area (Å²) in [5.41, 5.74) is 15.0. The average molecular weight is 1330 g/mol. The topological polar surface area (TPSA) is 82.3 Å². The predicted octanol–water partition coefficient (Wildman–Crippen LogP) is 23.9. The summed E-state index contributed by atoms with van der Waals surface area (Å²) in [4.78, 5) is 30.0. The summed E-state index contributed by atoms with van der Waals surface area (Å²) in [6.45, 7) is 0. The summed E-state index contributed by atoms with van der Waals surface area (Å²) in [5.74, 6) is 3.93. The summed E-state index contributed by atoms with van der Waals surface area (Å²) in [5, 5.41) is 16.8. The highest BCUT2D eigenvalue weighted by Gasteiger charge is 2.22. The maximum atomic E-state index is 5.15. The van der Waals surface area contributed by atoms with E-state index in [0.29, 0.717) is 34.9 Å². The number of nitrogens with zero attached hydrogens (tertiary/aromatic N) is 7. The van der Waals surface area contributed by atoms with E-state index in [9.17, 15) is 0 Å². The van der Waals surface area contributed by atoms with E-state index < -0.39 is 0 Å². The molecule has 0 radical (unpaired) electrons. The van der Waals surface area contributed by atoms with E-state index >= 15 is 0 Å². The largest absolute Gasteiger partial charge is 1.00 e. The molecule has 1 aliphatic carbocycles. The third-order valence-corrected chi connectivity index (χ3v) is 19.7. The molecule has 0 N–H and O–H groups in total. The summed E-state index contributed by atoms with van der Waals surface area (Å²) in [6.07, 6.45) is 1.08. The lowest BCUT2D eigenvalue weighted by Crippen LogP contribution is -2.01. The third kappa shape index (κ3) is 11.1. The first-order valence-electron chi connectivity index (χ1n) is 33.3. The van der Waals surface area contributed by atoms with Gasteiger partial charge in [0.05, 0.1) is 16.7 Å². The van der Waals surface area contributed by atoms with E-state index in [2.05, 4.69) is 293 Å². The molecule has 3 aromatic heterocycles. The van der Waals surface area contributed by atoms with Gasteiger partial charge >= 0.3 is 0 Å². The van der Waals surface area contributed by atoms with Crippen LogP contribution in [0.3, 0.4) is 0 Å². The molecule has 0 saturated carbocycles. The van der Waals surface area contributed by atoms with Gasteiger partial charge < -0.3 is 5.99 Å². The molecule has 7 nitrogen and oxygen atoms in total. The van der Waals surface area contributed by atoms with Crippen molar-refractivity contribution in [3.63, 3.8) is 0 Å². The molecule has 19 aromatic rings. The predicted molar refractivity (Wildman–Crippen MR) is 415 cm³/mol. The second-order valence-corrected chi connectivity index (χ2v) is 25.9. The molecule has 0 fully saturated rings. The highest BCUT2D eigenvalue weighted by molar-refractivity contribution is 9.10. The highest BCUT2D eigenvalue weighted by Crippen LogP contribution is 2.42. The minimum Gasteiger partial charge on any atom is -1.00 e. The van der Waals surface area contributed by atoms with Crippen LogP contribution in [0.1, 0.15) is 12.6 Å². The van der Waals surface area contributed by atoms with Crippen LogP contribution in [0.5, 0.6) is 0 Å². The molecular weight excluding hydrogens is 1270 g/mol. The van der Waals surface area contributed by atoms with Crippen LogP contribution in [-0.4, -0.2) is 34.5 Å². The minimum absolute atomic E-state index is 0. The van der Waals surface area contributed by atoms with Crippen LogP contribution in [0.4, 0.5) is 0 Å². The van der Waals surface area contributed by atoms with Gasteiger partial charge in [0.15, 0.2) is 34.9 Å². The normalized spacial score (nSPS) is 11.6. The molecule has 0 aliphatic heterocycles. The molecule has 0 spiro atoms. The fourth-order valence-electron chi connectivity index (χ4n) is 14.2. The Kier molecular flexibility index (Phi) is 15.0. The van der Waals surface area contributed by atoms with Gasteiger partial charge in [-0.1, -0.05) is 295 Å². The molecule has 0 unspecified atom stereocenters. The summed E-state index contributed by atoms with van der Waals surface area (Å²) in [7, 11) is 0. The lowest BCUT2D eigenvalue weighted by Gasteiger charge is -2.15. The summed E-state index contributed by atoms with van der Waals surface area (Å²) in [6, 6.07) is 119. The van der Waals surface area contributed by atoms with Crippen molar-refractivity contribution >= 4 is 102 Å². The Hall–Kier alpha value is -12.6. The lowest BCUT2D eigenvalue weighted by molar-refractivity contribution is 1.08. The quantitative estimate of drug-likeness (QED) is 0.158. The SMILES string of the molecule is Brc1ccc(-c2nc(-c3ccccc3)nc(-c3ccc4ccccc4c3)n2)c2ccccc12.[H-].c1ccc(-c2nc(-c3ccc4ccccc4c3)nc(-c3ccc(-n4c5ccccc5c5cc6ccccc6cc54)c4ccccc34)n2)cc1.c1ccc2c(c1)Cc1cc3ccccc3cc1-2. The monoisotopic (exact) mass is 1330 g/mol. The fraction of sp³-hybridized carbons (Fsp3) is 0.0110. The molecule has 466 valence electrons. The van der Waals surface area contributed by atoms with E-state index in [1.807, 2.05) is 66.7 Å². The van der Waals surface area contributed by atoms with Gasteiger partial charge in [0.25, 0.3) is 0 Å². The van der Waals surface area contributed by atoms with Gasteiger partial charge in [-0.15, -0.1) is 0 Å². The van der Waals surface area contributed by atoms with Crippen molar-refractivity contribution in [1.82, 2.24) is 34.5 Å². The van der Waals surface area contributed by atoms with Crippen LogP contribution >= 0.6 is 15.9 Å². The second kappa shape index (κ2) is 25.2.